The smallest absolute Gasteiger partial charge is 0.233 e. The van der Waals surface area contributed by atoms with Gasteiger partial charge in [-0.15, -0.1) is 21.5 Å². The van der Waals surface area contributed by atoms with E-state index in [0.29, 0.717) is 18.8 Å². The lowest BCUT2D eigenvalue weighted by Gasteiger charge is -2.19. The van der Waals surface area contributed by atoms with Crippen molar-refractivity contribution in [3.8, 4) is 11.4 Å². The molecule has 0 N–H and O–H groups in total. The lowest BCUT2D eigenvalue weighted by atomic mass is 10.2. The molecule has 3 rings (SSSR count). The number of benzene rings is 1. The molecule has 0 bridgehead atoms. The SMILES string of the molecule is CCN(Cc1cccs1)C(=O)CSc1nnc(-c2ccccc2)n1C. The lowest BCUT2D eigenvalue weighted by molar-refractivity contribution is -0.128. The molecule has 0 spiro atoms. The maximum atomic E-state index is 12.5. The molecule has 0 atom stereocenters. The van der Waals surface area contributed by atoms with Gasteiger partial charge in [-0.1, -0.05) is 48.2 Å². The molecule has 0 saturated heterocycles. The summed E-state index contributed by atoms with van der Waals surface area (Å²) >= 11 is 3.10. The standard InChI is InChI=1S/C18H20N4OS2/c1-3-22(12-15-10-7-11-24-15)16(23)13-25-18-20-19-17(21(18)2)14-8-5-4-6-9-14/h4-11H,3,12-13H2,1-2H3. The second kappa shape index (κ2) is 8.31. The van der Waals surface area contributed by atoms with Crippen molar-refractivity contribution in [1.29, 1.82) is 0 Å². The van der Waals surface area contributed by atoms with E-state index in [-0.39, 0.29) is 5.91 Å². The Balaban J connectivity index is 1.63. The van der Waals surface area contributed by atoms with Crippen molar-refractivity contribution in [2.75, 3.05) is 12.3 Å². The van der Waals surface area contributed by atoms with Crippen LogP contribution in [0, 0.1) is 0 Å². The molecule has 5 nitrogen and oxygen atoms in total. The molecule has 0 radical (unpaired) electrons. The number of hydrogen-bond donors (Lipinski definition) is 0. The molecule has 0 fully saturated rings. The first-order chi connectivity index (χ1) is 12.2. The highest BCUT2D eigenvalue weighted by molar-refractivity contribution is 7.99. The van der Waals surface area contributed by atoms with Crippen LogP contribution in [0.25, 0.3) is 11.4 Å². The summed E-state index contributed by atoms with van der Waals surface area (Å²) in [7, 11) is 1.93. The second-order valence-corrected chi connectivity index (χ2v) is 7.48. The summed E-state index contributed by atoms with van der Waals surface area (Å²) < 4.78 is 1.93. The Bertz CT molecular complexity index is 815. The predicted molar refractivity (Wildman–Crippen MR) is 103 cm³/mol. The first-order valence-electron chi connectivity index (χ1n) is 8.06. The summed E-state index contributed by atoms with van der Waals surface area (Å²) in [5, 5.41) is 11.3. The Hall–Kier alpha value is -2.12. The van der Waals surface area contributed by atoms with Crippen LogP contribution < -0.4 is 0 Å². The van der Waals surface area contributed by atoms with Gasteiger partial charge < -0.3 is 9.47 Å². The molecule has 130 valence electrons. The van der Waals surface area contributed by atoms with Gasteiger partial charge in [-0.25, -0.2) is 0 Å². The van der Waals surface area contributed by atoms with E-state index in [1.165, 1.54) is 16.6 Å². The van der Waals surface area contributed by atoms with Crippen molar-refractivity contribution >= 4 is 29.0 Å². The van der Waals surface area contributed by atoms with Crippen molar-refractivity contribution in [2.45, 2.75) is 18.6 Å². The maximum Gasteiger partial charge on any atom is 0.233 e. The van der Waals surface area contributed by atoms with Crippen LogP contribution in [0.2, 0.25) is 0 Å². The van der Waals surface area contributed by atoms with Crippen molar-refractivity contribution in [3.05, 3.63) is 52.7 Å². The number of nitrogens with zero attached hydrogens (tertiary/aromatic N) is 4. The monoisotopic (exact) mass is 372 g/mol. The molecule has 1 amide bonds. The van der Waals surface area contributed by atoms with Crippen molar-refractivity contribution in [3.63, 3.8) is 0 Å². The van der Waals surface area contributed by atoms with Gasteiger partial charge in [-0.05, 0) is 18.4 Å². The van der Waals surface area contributed by atoms with Crippen LogP contribution in [0.4, 0.5) is 0 Å². The van der Waals surface area contributed by atoms with Crippen LogP contribution in [0.5, 0.6) is 0 Å². The molecule has 1 aromatic carbocycles. The van der Waals surface area contributed by atoms with Crippen molar-refractivity contribution in [2.24, 2.45) is 7.05 Å². The van der Waals surface area contributed by atoms with E-state index < -0.39 is 0 Å². The van der Waals surface area contributed by atoms with Crippen molar-refractivity contribution in [1.82, 2.24) is 19.7 Å². The molecule has 3 aromatic rings. The average Bonchev–Trinajstić information content (AvgIpc) is 3.28. The fraction of sp³-hybridized carbons (Fsp3) is 0.278. The minimum absolute atomic E-state index is 0.116. The second-order valence-electron chi connectivity index (χ2n) is 5.51. The van der Waals surface area contributed by atoms with Crippen LogP contribution in [-0.2, 0) is 18.4 Å². The van der Waals surface area contributed by atoms with Gasteiger partial charge in [0.15, 0.2) is 11.0 Å². The quantitative estimate of drug-likeness (QED) is 0.594. The van der Waals surface area contributed by atoms with E-state index in [1.807, 2.05) is 65.2 Å². The van der Waals surface area contributed by atoms with Gasteiger partial charge in [0.2, 0.25) is 5.91 Å². The summed E-state index contributed by atoms with van der Waals surface area (Å²) in [4.78, 5) is 15.6. The maximum absolute atomic E-state index is 12.5. The molecule has 2 heterocycles. The van der Waals surface area contributed by atoms with Gasteiger partial charge in [0.05, 0.1) is 12.3 Å². The molecule has 25 heavy (non-hydrogen) atoms. The highest BCUT2D eigenvalue weighted by Crippen LogP contribution is 2.23. The van der Waals surface area contributed by atoms with Gasteiger partial charge in [0.25, 0.3) is 0 Å². The third kappa shape index (κ3) is 4.29. The minimum Gasteiger partial charge on any atom is -0.337 e. The fourth-order valence-corrected chi connectivity index (χ4v) is 4.00. The summed E-state index contributed by atoms with van der Waals surface area (Å²) in [6, 6.07) is 14.0. The zero-order valence-corrected chi connectivity index (χ0v) is 15.9. The Morgan fingerprint density at radius 1 is 1.20 bits per heavy atom. The van der Waals surface area contributed by atoms with Crippen LogP contribution in [0.3, 0.4) is 0 Å². The van der Waals surface area contributed by atoms with E-state index in [1.54, 1.807) is 11.3 Å². The Kier molecular flexibility index (Phi) is 5.88. The predicted octanol–water partition coefficient (Wildman–Crippen LogP) is 3.68. The van der Waals surface area contributed by atoms with E-state index >= 15 is 0 Å². The summed E-state index contributed by atoms with van der Waals surface area (Å²) in [5.74, 6) is 1.28. The third-order valence-corrected chi connectivity index (χ3v) is 5.72. The number of aromatic nitrogens is 3. The number of rotatable bonds is 7. The van der Waals surface area contributed by atoms with Crippen LogP contribution in [-0.4, -0.2) is 37.9 Å². The van der Waals surface area contributed by atoms with Gasteiger partial charge in [0.1, 0.15) is 0 Å². The fourth-order valence-electron chi connectivity index (χ4n) is 2.46. The van der Waals surface area contributed by atoms with Crippen LogP contribution >= 0.6 is 23.1 Å². The molecule has 2 aromatic heterocycles. The number of hydrogen-bond acceptors (Lipinski definition) is 5. The average molecular weight is 373 g/mol. The Morgan fingerprint density at radius 2 is 2.00 bits per heavy atom. The largest absolute Gasteiger partial charge is 0.337 e. The molecule has 0 saturated carbocycles. The van der Waals surface area contributed by atoms with E-state index in [9.17, 15) is 4.79 Å². The number of carbonyl (C=O) groups excluding carboxylic acids is 1. The molecular formula is C18H20N4OS2. The first-order valence-corrected chi connectivity index (χ1v) is 9.93. The molecule has 0 aliphatic heterocycles. The summed E-state index contributed by atoms with van der Waals surface area (Å²) in [6.07, 6.45) is 0. The van der Waals surface area contributed by atoms with Gasteiger partial charge in [-0.2, -0.15) is 0 Å². The normalized spacial score (nSPS) is 10.8. The highest BCUT2D eigenvalue weighted by atomic mass is 32.2. The van der Waals surface area contributed by atoms with Gasteiger partial charge in [-0.3, -0.25) is 4.79 Å². The molecule has 0 aliphatic rings. The zero-order chi connectivity index (χ0) is 17.6. The third-order valence-electron chi connectivity index (χ3n) is 3.85. The first kappa shape index (κ1) is 17.7. The number of thiophene rings is 1. The zero-order valence-electron chi connectivity index (χ0n) is 14.3. The molecule has 0 unspecified atom stereocenters. The molecule has 7 heteroatoms. The van der Waals surface area contributed by atoms with Crippen molar-refractivity contribution < 1.29 is 4.79 Å². The van der Waals surface area contributed by atoms with Crippen LogP contribution in [0.15, 0.2) is 53.0 Å². The van der Waals surface area contributed by atoms with E-state index in [4.69, 9.17) is 0 Å². The summed E-state index contributed by atoms with van der Waals surface area (Å²) in [6.45, 7) is 3.37. The topological polar surface area (TPSA) is 51.0 Å². The molecular weight excluding hydrogens is 352 g/mol. The lowest BCUT2D eigenvalue weighted by Crippen LogP contribution is -2.31. The molecule has 0 aliphatic carbocycles. The van der Waals surface area contributed by atoms with E-state index in [2.05, 4.69) is 16.3 Å². The Labute approximate surface area is 155 Å². The highest BCUT2D eigenvalue weighted by Gasteiger charge is 2.16. The van der Waals surface area contributed by atoms with E-state index in [0.717, 1.165) is 16.5 Å². The number of thioether (sulfide) groups is 1. The van der Waals surface area contributed by atoms with Crippen LogP contribution in [0.1, 0.15) is 11.8 Å². The van der Waals surface area contributed by atoms with Gasteiger partial charge >= 0.3 is 0 Å². The minimum atomic E-state index is 0.116. The number of carbonyl (C=O) groups is 1. The number of amides is 1. The van der Waals surface area contributed by atoms with Gasteiger partial charge in [0, 0.05) is 24.0 Å². The summed E-state index contributed by atoms with van der Waals surface area (Å²) in [5.41, 5.74) is 1.02. The Morgan fingerprint density at radius 3 is 2.68 bits per heavy atom.